The second-order valence-electron chi connectivity index (χ2n) is 6.24. The SMILES string of the molecule is Cc1ccnc([C@H](NC(=O)[C@H]2COc3ccccc3O2)C2CC2)n1. The summed E-state index contributed by atoms with van der Waals surface area (Å²) in [6.07, 6.45) is 3.22. The van der Waals surface area contributed by atoms with E-state index in [0.29, 0.717) is 23.2 Å². The second kappa shape index (κ2) is 6.11. The highest BCUT2D eigenvalue weighted by atomic mass is 16.6. The van der Waals surface area contributed by atoms with Crippen LogP contribution in [0.2, 0.25) is 0 Å². The molecule has 1 N–H and O–H groups in total. The molecular formula is C18H19N3O3. The van der Waals surface area contributed by atoms with Crippen LogP contribution >= 0.6 is 0 Å². The van der Waals surface area contributed by atoms with Crippen molar-refractivity contribution in [1.82, 2.24) is 15.3 Å². The van der Waals surface area contributed by atoms with Crippen LogP contribution < -0.4 is 14.8 Å². The highest BCUT2D eigenvalue weighted by Crippen LogP contribution is 2.40. The van der Waals surface area contributed by atoms with Crippen molar-refractivity contribution in [3.8, 4) is 11.5 Å². The van der Waals surface area contributed by atoms with Gasteiger partial charge in [0.2, 0.25) is 6.10 Å². The quantitative estimate of drug-likeness (QED) is 0.933. The Bertz CT molecular complexity index is 761. The van der Waals surface area contributed by atoms with Crippen LogP contribution in [0.15, 0.2) is 36.5 Å². The average molecular weight is 325 g/mol. The molecule has 2 atom stereocenters. The van der Waals surface area contributed by atoms with E-state index in [-0.39, 0.29) is 18.6 Å². The number of hydrogen-bond donors (Lipinski definition) is 1. The first-order valence-electron chi connectivity index (χ1n) is 8.19. The lowest BCUT2D eigenvalue weighted by Crippen LogP contribution is -2.45. The molecule has 1 aromatic carbocycles. The van der Waals surface area contributed by atoms with Crippen molar-refractivity contribution in [1.29, 1.82) is 0 Å². The fourth-order valence-corrected chi connectivity index (χ4v) is 2.84. The maximum absolute atomic E-state index is 12.6. The molecule has 124 valence electrons. The van der Waals surface area contributed by atoms with Gasteiger partial charge < -0.3 is 14.8 Å². The van der Waals surface area contributed by atoms with Gasteiger partial charge in [0.05, 0.1) is 6.04 Å². The summed E-state index contributed by atoms with van der Waals surface area (Å²) in [5.74, 6) is 2.14. The maximum Gasteiger partial charge on any atom is 0.265 e. The van der Waals surface area contributed by atoms with Crippen molar-refractivity contribution in [3.63, 3.8) is 0 Å². The number of para-hydroxylation sites is 2. The number of rotatable bonds is 4. The van der Waals surface area contributed by atoms with Gasteiger partial charge >= 0.3 is 0 Å². The maximum atomic E-state index is 12.6. The minimum atomic E-state index is -0.661. The van der Waals surface area contributed by atoms with Crippen molar-refractivity contribution in [2.45, 2.75) is 31.9 Å². The Morgan fingerprint density at radius 2 is 2.04 bits per heavy atom. The lowest BCUT2D eigenvalue weighted by molar-refractivity contribution is -0.131. The van der Waals surface area contributed by atoms with Crippen molar-refractivity contribution >= 4 is 5.91 Å². The number of benzene rings is 1. The van der Waals surface area contributed by atoms with E-state index in [4.69, 9.17) is 9.47 Å². The molecule has 1 fully saturated rings. The molecule has 0 unspecified atom stereocenters. The first-order chi connectivity index (χ1) is 11.7. The van der Waals surface area contributed by atoms with Gasteiger partial charge in [0.1, 0.15) is 6.61 Å². The van der Waals surface area contributed by atoms with Gasteiger partial charge in [0, 0.05) is 11.9 Å². The molecule has 4 rings (SSSR count). The second-order valence-corrected chi connectivity index (χ2v) is 6.24. The van der Waals surface area contributed by atoms with E-state index in [0.717, 1.165) is 18.5 Å². The number of aryl methyl sites for hydroxylation is 1. The van der Waals surface area contributed by atoms with Crippen LogP contribution in [0.3, 0.4) is 0 Å². The number of amides is 1. The number of carbonyl (C=O) groups is 1. The molecule has 6 heteroatoms. The molecule has 1 aliphatic carbocycles. The zero-order valence-corrected chi connectivity index (χ0v) is 13.4. The van der Waals surface area contributed by atoms with E-state index in [1.165, 1.54) is 0 Å². The lowest BCUT2D eigenvalue weighted by Gasteiger charge is -2.27. The average Bonchev–Trinajstić information content (AvgIpc) is 3.44. The topological polar surface area (TPSA) is 73.3 Å². The summed E-state index contributed by atoms with van der Waals surface area (Å²) in [5, 5.41) is 3.05. The van der Waals surface area contributed by atoms with Crippen molar-refractivity contribution in [3.05, 3.63) is 48.0 Å². The highest BCUT2D eigenvalue weighted by Gasteiger charge is 2.37. The molecule has 0 saturated heterocycles. The molecule has 2 aromatic rings. The molecule has 6 nitrogen and oxygen atoms in total. The van der Waals surface area contributed by atoms with Gasteiger partial charge in [-0.05, 0) is 43.9 Å². The number of nitrogens with one attached hydrogen (secondary N) is 1. The minimum absolute atomic E-state index is 0.168. The van der Waals surface area contributed by atoms with Crippen molar-refractivity contribution in [2.75, 3.05) is 6.61 Å². The Kier molecular flexibility index (Phi) is 3.80. The van der Waals surface area contributed by atoms with Crippen LogP contribution in [-0.4, -0.2) is 28.6 Å². The van der Waals surface area contributed by atoms with Crippen LogP contribution in [-0.2, 0) is 4.79 Å². The lowest BCUT2D eigenvalue weighted by atomic mass is 10.1. The monoisotopic (exact) mass is 325 g/mol. The summed E-state index contributed by atoms with van der Waals surface area (Å²) in [7, 11) is 0. The van der Waals surface area contributed by atoms with Crippen LogP contribution in [0.4, 0.5) is 0 Å². The molecule has 24 heavy (non-hydrogen) atoms. The predicted octanol–water partition coefficient (Wildman–Crippen LogP) is 2.19. The molecule has 1 amide bonds. The Morgan fingerprint density at radius 3 is 2.79 bits per heavy atom. The number of hydrogen-bond acceptors (Lipinski definition) is 5. The third kappa shape index (κ3) is 3.04. The molecule has 0 spiro atoms. The van der Waals surface area contributed by atoms with Gasteiger partial charge in [-0.25, -0.2) is 9.97 Å². The number of carbonyl (C=O) groups excluding carboxylic acids is 1. The van der Waals surface area contributed by atoms with Crippen molar-refractivity contribution in [2.24, 2.45) is 5.92 Å². The molecule has 2 aliphatic rings. The fourth-order valence-electron chi connectivity index (χ4n) is 2.84. The van der Waals surface area contributed by atoms with Gasteiger partial charge in [-0.15, -0.1) is 0 Å². The molecule has 0 bridgehead atoms. The molecule has 0 radical (unpaired) electrons. The Morgan fingerprint density at radius 1 is 1.25 bits per heavy atom. The van der Waals surface area contributed by atoms with Crippen molar-refractivity contribution < 1.29 is 14.3 Å². The van der Waals surface area contributed by atoms with Crippen LogP contribution in [0.5, 0.6) is 11.5 Å². The largest absolute Gasteiger partial charge is 0.485 e. The predicted molar refractivity (Wildman–Crippen MR) is 86.7 cm³/mol. The number of nitrogens with zero attached hydrogens (tertiary/aromatic N) is 2. The van der Waals surface area contributed by atoms with Gasteiger partial charge in [0.15, 0.2) is 17.3 Å². The smallest absolute Gasteiger partial charge is 0.265 e. The zero-order chi connectivity index (χ0) is 16.5. The fraction of sp³-hybridized carbons (Fsp3) is 0.389. The van der Waals surface area contributed by atoms with Gasteiger partial charge in [-0.1, -0.05) is 12.1 Å². The number of fused-ring (bicyclic) bond motifs is 1. The molecule has 1 aromatic heterocycles. The molecule has 1 aliphatic heterocycles. The first-order valence-corrected chi connectivity index (χ1v) is 8.19. The van der Waals surface area contributed by atoms with Gasteiger partial charge in [0.25, 0.3) is 5.91 Å². The third-order valence-electron chi connectivity index (χ3n) is 4.28. The molecule has 2 heterocycles. The minimum Gasteiger partial charge on any atom is -0.485 e. The third-order valence-corrected chi connectivity index (χ3v) is 4.28. The standard InChI is InChI=1S/C18H19N3O3/c1-11-8-9-19-17(20-11)16(12-6-7-12)21-18(22)15-10-23-13-4-2-3-5-14(13)24-15/h2-5,8-9,12,15-16H,6-7,10H2,1H3,(H,21,22)/t15-,16-/m1/s1. The van der Waals surface area contributed by atoms with Gasteiger partial charge in [-0.3, -0.25) is 4.79 Å². The van der Waals surface area contributed by atoms with E-state index in [1.54, 1.807) is 12.3 Å². The van der Waals surface area contributed by atoms with E-state index < -0.39 is 6.10 Å². The van der Waals surface area contributed by atoms with E-state index in [9.17, 15) is 4.79 Å². The summed E-state index contributed by atoms with van der Waals surface area (Å²) in [6, 6.07) is 9.05. The van der Waals surface area contributed by atoms with Crippen LogP contribution in [0, 0.1) is 12.8 Å². The summed E-state index contributed by atoms with van der Waals surface area (Å²) >= 11 is 0. The molecular weight excluding hydrogens is 306 g/mol. The Balaban J connectivity index is 1.48. The summed E-state index contributed by atoms with van der Waals surface area (Å²) in [6.45, 7) is 2.13. The van der Waals surface area contributed by atoms with E-state index in [2.05, 4.69) is 15.3 Å². The van der Waals surface area contributed by atoms with Crippen LogP contribution in [0.1, 0.15) is 30.4 Å². The Hall–Kier alpha value is -2.63. The Labute approximate surface area is 140 Å². The van der Waals surface area contributed by atoms with Gasteiger partial charge in [-0.2, -0.15) is 0 Å². The van der Waals surface area contributed by atoms with E-state index >= 15 is 0 Å². The van der Waals surface area contributed by atoms with Crippen LogP contribution in [0.25, 0.3) is 0 Å². The normalized spacial score (nSPS) is 20.3. The van der Waals surface area contributed by atoms with E-state index in [1.807, 2.05) is 31.2 Å². The first kappa shape index (κ1) is 14.9. The summed E-state index contributed by atoms with van der Waals surface area (Å²) in [4.78, 5) is 21.4. The number of aromatic nitrogens is 2. The molecule has 1 saturated carbocycles. The summed E-state index contributed by atoms with van der Waals surface area (Å²) in [5.41, 5.74) is 0.895. The summed E-state index contributed by atoms with van der Waals surface area (Å²) < 4.78 is 11.4. The highest BCUT2D eigenvalue weighted by molar-refractivity contribution is 5.82. The zero-order valence-electron chi connectivity index (χ0n) is 13.4. The number of ether oxygens (including phenoxy) is 2.